The SMILES string of the molecule is CCc1cc(Cl)c2c(F)c(F)c(F)cc2n1. The third-order valence-corrected chi connectivity index (χ3v) is 2.60. The van der Waals surface area contributed by atoms with Gasteiger partial charge in [-0.15, -0.1) is 0 Å². The standard InChI is InChI=1S/C11H7ClF3N/c1-2-5-3-6(12)9-8(16-5)4-7(13)10(14)11(9)15/h3-4H,2H2,1H3. The van der Waals surface area contributed by atoms with Crippen molar-refractivity contribution in [3.8, 4) is 0 Å². The van der Waals surface area contributed by atoms with Gasteiger partial charge in [-0.25, -0.2) is 13.2 Å². The Bertz CT molecular complexity index is 569. The largest absolute Gasteiger partial charge is 0.253 e. The van der Waals surface area contributed by atoms with E-state index in [-0.39, 0.29) is 15.9 Å². The lowest BCUT2D eigenvalue weighted by atomic mass is 10.1. The van der Waals surface area contributed by atoms with Crippen LogP contribution in [0.2, 0.25) is 5.02 Å². The topological polar surface area (TPSA) is 12.9 Å². The molecule has 1 aromatic heterocycles. The predicted molar refractivity (Wildman–Crippen MR) is 56.0 cm³/mol. The molecular formula is C11H7ClF3N. The van der Waals surface area contributed by atoms with Gasteiger partial charge in [0.25, 0.3) is 0 Å². The van der Waals surface area contributed by atoms with Gasteiger partial charge >= 0.3 is 0 Å². The van der Waals surface area contributed by atoms with Gasteiger partial charge in [-0.05, 0) is 12.5 Å². The summed E-state index contributed by atoms with van der Waals surface area (Å²) < 4.78 is 39.4. The van der Waals surface area contributed by atoms with E-state index in [1.807, 2.05) is 6.92 Å². The van der Waals surface area contributed by atoms with E-state index in [0.29, 0.717) is 12.1 Å². The first-order chi connectivity index (χ1) is 7.54. The van der Waals surface area contributed by atoms with Gasteiger partial charge in [0.15, 0.2) is 17.5 Å². The summed E-state index contributed by atoms with van der Waals surface area (Å²) in [6.07, 6.45) is 0.580. The van der Waals surface area contributed by atoms with Gasteiger partial charge in [0, 0.05) is 11.8 Å². The Kier molecular flexibility index (Phi) is 2.76. The average molecular weight is 246 g/mol. The van der Waals surface area contributed by atoms with Crippen molar-refractivity contribution in [2.75, 3.05) is 0 Å². The zero-order chi connectivity index (χ0) is 11.9. The Labute approximate surface area is 94.9 Å². The number of nitrogens with zero attached hydrogens (tertiary/aromatic N) is 1. The molecule has 0 atom stereocenters. The monoisotopic (exact) mass is 245 g/mol. The van der Waals surface area contributed by atoms with Gasteiger partial charge in [-0.2, -0.15) is 0 Å². The first-order valence-electron chi connectivity index (χ1n) is 4.67. The number of halogens is 4. The maximum Gasteiger partial charge on any atom is 0.195 e. The summed E-state index contributed by atoms with van der Waals surface area (Å²) in [4.78, 5) is 3.99. The fourth-order valence-electron chi connectivity index (χ4n) is 1.48. The summed E-state index contributed by atoms with van der Waals surface area (Å²) in [6, 6.07) is 2.29. The summed E-state index contributed by atoms with van der Waals surface area (Å²) in [7, 11) is 0. The summed E-state index contributed by atoms with van der Waals surface area (Å²) in [5.41, 5.74) is 0.628. The molecule has 0 radical (unpaired) electrons. The fraction of sp³-hybridized carbons (Fsp3) is 0.182. The number of benzene rings is 1. The van der Waals surface area contributed by atoms with Crippen LogP contribution in [0.5, 0.6) is 0 Å². The number of hydrogen-bond acceptors (Lipinski definition) is 1. The highest BCUT2D eigenvalue weighted by molar-refractivity contribution is 6.35. The zero-order valence-electron chi connectivity index (χ0n) is 8.32. The highest BCUT2D eigenvalue weighted by atomic mass is 35.5. The third kappa shape index (κ3) is 1.63. The van der Waals surface area contributed by atoms with Crippen LogP contribution in [-0.2, 0) is 6.42 Å². The minimum Gasteiger partial charge on any atom is -0.253 e. The van der Waals surface area contributed by atoms with Crippen molar-refractivity contribution in [2.24, 2.45) is 0 Å². The molecular weight excluding hydrogens is 239 g/mol. The minimum atomic E-state index is -1.53. The van der Waals surface area contributed by atoms with Gasteiger partial charge in [0.2, 0.25) is 0 Å². The molecule has 84 valence electrons. The van der Waals surface area contributed by atoms with Gasteiger partial charge in [0.1, 0.15) is 0 Å². The van der Waals surface area contributed by atoms with E-state index in [9.17, 15) is 13.2 Å². The van der Waals surface area contributed by atoms with E-state index < -0.39 is 17.5 Å². The first-order valence-corrected chi connectivity index (χ1v) is 5.05. The van der Waals surface area contributed by atoms with Gasteiger partial charge in [-0.3, -0.25) is 4.98 Å². The van der Waals surface area contributed by atoms with Gasteiger partial charge in [0.05, 0.1) is 15.9 Å². The summed E-state index contributed by atoms with van der Waals surface area (Å²) in [5, 5.41) is -0.143. The molecule has 1 heterocycles. The molecule has 0 fully saturated rings. The Hall–Kier alpha value is -1.29. The first kappa shape index (κ1) is 11.2. The number of rotatable bonds is 1. The lowest BCUT2D eigenvalue weighted by molar-refractivity contribution is 0.453. The Morgan fingerprint density at radius 3 is 2.50 bits per heavy atom. The molecule has 0 saturated heterocycles. The highest BCUT2D eigenvalue weighted by Crippen LogP contribution is 2.28. The lowest BCUT2D eigenvalue weighted by Gasteiger charge is -2.05. The van der Waals surface area contributed by atoms with Crippen molar-refractivity contribution in [3.05, 3.63) is 40.3 Å². The van der Waals surface area contributed by atoms with Crippen molar-refractivity contribution in [3.63, 3.8) is 0 Å². The zero-order valence-corrected chi connectivity index (χ0v) is 9.08. The van der Waals surface area contributed by atoms with Crippen LogP contribution >= 0.6 is 11.6 Å². The maximum atomic E-state index is 13.4. The van der Waals surface area contributed by atoms with Crippen LogP contribution in [0.25, 0.3) is 10.9 Å². The van der Waals surface area contributed by atoms with Gasteiger partial charge in [-0.1, -0.05) is 18.5 Å². The van der Waals surface area contributed by atoms with Crippen LogP contribution in [-0.4, -0.2) is 4.98 Å². The molecule has 0 amide bonds. The van der Waals surface area contributed by atoms with Crippen molar-refractivity contribution in [1.82, 2.24) is 4.98 Å². The van der Waals surface area contributed by atoms with Crippen molar-refractivity contribution in [2.45, 2.75) is 13.3 Å². The van der Waals surface area contributed by atoms with E-state index in [1.165, 1.54) is 6.07 Å². The van der Waals surface area contributed by atoms with E-state index in [2.05, 4.69) is 4.98 Å². The number of pyridine rings is 1. The molecule has 1 nitrogen and oxygen atoms in total. The second kappa shape index (κ2) is 3.94. The molecule has 0 saturated carbocycles. The van der Waals surface area contributed by atoms with Crippen LogP contribution in [0, 0.1) is 17.5 Å². The molecule has 0 aliphatic heterocycles. The Balaban J connectivity index is 2.90. The summed E-state index contributed by atoms with van der Waals surface area (Å²) >= 11 is 5.80. The minimum absolute atomic E-state index is 0.0285. The Morgan fingerprint density at radius 1 is 1.19 bits per heavy atom. The number of hydrogen-bond donors (Lipinski definition) is 0. The van der Waals surface area contributed by atoms with E-state index in [0.717, 1.165) is 6.07 Å². The molecule has 0 aliphatic rings. The molecule has 2 aromatic rings. The van der Waals surface area contributed by atoms with Gasteiger partial charge < -0.3 is 0 Å². The number of fused-ring (bicyclic) bond motifs is 1. The van der Waals surface area contributed by atoms with Crippen molar-refractivity contribution in [1.29, 1.82) is 0 Å². The molecule has 0 spiro atoms. The van der Waals surface area contributed by atoms with E-state index in [4.69, 9.17) is 11.6 Å². The second-order valence-electron chi connectivity index (χ2n) is 3.33. The number of aromatic nitrogens is 1. The second-order valence-corrected chi connectivity index (χ2v) is 3.74. The molecule has 0 N–H and O–H groups in total. The number of aryl methyl sites for hydroxylation is 1. The average Bonchev–Trinajstić information content (AvgIpc) is 2.25. The summed E-state index contributed by atoms with van der Waals surface area (Å²) in [5.74, 6) is -4.09. The van der Waals surface area contributed by atoms with Crippen LogP contribution in [0.4, 0.5) is 13.2 Å². The fourth-order valence-corrected chi connectivity index (χ4v) is 1.79. The van der Waals surface area contributed by atoms with Crippen LogP contribution in [0.1, 0.15) is 12.6 Å². The van der Waals surface area contributed by atoms with E-state index >= 15 is 0 Å². The summed E-state index contributed by atoms with van der Waals surface area (Å²) in [6.45, 7) is 1.83. The Morgan fingerprint density at radius 2 is 1.88 bits per heavy atom. The van der Waals surface area contributed by atoms with Crippen LogP contribution in [0.15, 0.2) is 12.1 Å². The van der Waals surface area contributed by atoms with Crippen molar-refractivity contribution < 1.29 is 13.2 Å². The normalized spacial score (nSPS) is 11.1. The molecule has 16 heavy (non-hydrogen) atoms. The van der Waals surface area contributed by atoms with Crippen LogP contribution < -0.4 is 0 Å². The van der Waals surface area contributed by atoms with Crippen molar-refractivity contribution >= 4 is 22.5 Å². The predicted octanol–water partition coefficient (Wildman–Crippen LogP) is 3.87. The third-order valence-electron chi connectivity index (χ3n) is 2.30. The molecule has 0 unspecified atom stereocenters. The molecule has 0 bridgehead atoms. The molecule has 1 aromatic carbocycles. The molecule has 5 heteroatoms. The maximum absolute atomic E-state index is 13.4. The van der Waals surface area contributed by atoms with Crippen LogP contribution in [0.3, 0.4) is 0 Å². The quantitative estimate of drug-likeness (QED) is 0.695. The van der Waals surface area contributed by atoms with E-state index in [1.54, 1.807) is 0 Å². The lowest BCUT2D eigenvalue weighted by Crippen LogP contribution is -1.97. The molecule has 2 rings (SSSR count). The smallest absolute Gasteiger partial charge is 0.195 e. The highest BCUT2D eigenvalue weighted by Gasteiger charge is 2.17. The molecule has 0 aliphatic carbocycles.